The summed E-state index contributed by atoms with van der Waals surface area (Å²) in [5.41, 5.74) is 0. The summed E-state index contributed by atoms with van der Waals surface area (Å²) in [6, 6.07) is 0.210. The van der Waals surface area contributed by atoms with Crippen molar-refractivity contribution >= 4 is 11.8 Å². The number of carbonyl (C=O) groups is 2. The van der Waals surface area contributed by atoms with E-state index in [4.69, 9.17) is 0 Å². The summed E-state index contributed by atoms with van der Waals surface area (Å²) in [5.74, 6) is -0.827. The highest BCUT2D eigenvalue weighted by molar-refractivity contribution is 6.35. The number of amides is 2. The first kappa shape index (κ1) is 9.45. The lowest BCUT2D eigenvalue weighted by Gasteiger charge is -2.36. The van der Waals surface area contributed by atoms with Crippen molar-refractivity contribution in [1.82, 2.24) is 15.5 Å². The first-order chi connectivity index (χ1) is 6.79. The van der Waals surface area contributed by atoms with Crippen LogP contribution in [-0.2, 0) is 9.59 Å². The van der Waals surface area contributed by atoms with Crippen molar-refractivity contribution in [3.63, 3.8) is 0 Å². The van der Waals surface area contributed by atoms with Crippen LogP contribution in [0.25, 0.3) is 0 Å². The Kier molecular flexibility index (Phi) is 2.67. The van der Waals surface area contributed by atoms with Gasteiger partial charge in [0.15, 0.2) is 0 Å². The molecular weight excluding hydrogens is 182 g/mol. The molecule has 2 aliphatic rings. The molecule has 5 nitrogen and oxygen atoms in total. The molecule has 0 spiro atoms. The van der Waals surface area contributed by atoms with E-state index in [9.17, 15) is 9.59 Å². The van der Waals surface area contributed by atoms with E-state index in [1.165, 1.54) is 0 Å². The minimum absolute atomic E-state index is 0.210. The van der Waals surface area contributed by atoms with Crippen LogP contribution >= 0.6 is 0 Å². The third-order valence-electron chi connectivity index (χ3n) is 2.81. The monoisotopic (exact) mass is 197 g/mol. The Balaban J connectivity index is 2.00. The van der Waals surface area contributed by atoms with Gasteiger partial charge in [0.1, 0.15) is 0 Å². The lowest BCUT2D eigenvalue weighted by Crippen LogP contribution is -2.58. The van der Waals surface area contributed by atoms with E-state index in [0.29, 0.717) is 13.1 Å². The molecule has 2 rings (SSSR count). The first-order valence-electron chi connectivity index (χ1n) is 5.08. The van der Waals surface area contributed by atoms with E-state index in [1.807, 2.05) is 0 Å². The zero-order valence-corrected chi connectivity index (χ0v) is 8.08. The SMILES string of the molecule is O=C1NCCN(C2CCCNC2)C1=O. The number of rotatable bonds is 1. The molecule has 2 heterocycles. The molecule has 0 aromatic heterocycles. The van der Waals surface area contributed by atoms with Crippen LogP contribution in [0.1, 0.15) is 12.8 Å². The van der Waals surface area contributed by atoms with Gasteiger partial charge in [-0.05, 0) is 19.4 Å². The zero-order valence-electron chi connectivity index (χ0n) is 8.08. The van der Waals surface area contributed by atoms with Crippen LogP contribution in [0.2, 0.25) is 0 Å². The van der Waals surface area contributed by atoms with Crippen LogP contribution in [0.3, 0.4) is 0 Å². The highest BCUT2D eigenvalue weighted by atomic mass is 16.2. The quantitative estimate of drug-likeness (QED) is 0.513. The summed E-state index contributed by atoms with van der Waals surface area (Å²) in [6.45, 7) is 3.07. The molecular formula is C9H15N3O2. The molecule has 78 valence electrons. The molecule has 2 aliphatic heterocycles. The Bertz CT molecular complexity index is 248. The minimum Gasteiger partial charge on any atom is -0.346 e. The molecule has 0 radical (unpaired) electrons. The molecule has 2 amide bonds. The van der Waals surface area contributed by atoms with Crippen LogP contribution in [0.15, 0.2) is 0 Å². The summed E-state index contributed by atoms with van der Waals surface area (Å²) in [6.07, 6.45) is 2.09. The van der Waals surface area contributed by atoms with Crippen LogP contribution in [0.4, 0.5) is 0 Å². The summed E-state index contributed by atoms with van der Waals surface area (Å²) >= 11 is 0. The van der Waals surface area contributed by atoms with Gasteiger partial charge < -0.3 is 15.5 Å². The van der Waals surface area contributed by atoms with Gasteiger partial charge in [0.2, 0.25) is 0 Å². The standard InChI is InChI=1S/C9H15N3O2/c13-8-9(14)12(5-4-11-8)7-2-1-3-10-6-7/h7,10H,1-6H2,(H,11,13). The summed E-state index contributed by atoms with van der Waals surface area (Å²) < 4.78 is 0. The van der Waals surface area contributed by atoms with Gasteiger partial charge in [0.25, 0.3) is 0 Å². The molecule has 0 aliphatic carbocycles. The predicted octanol–water partition coefficient (Wildman–Crippen LogP) is -1.30. The summed E-state index contributed by atoms with van der Waals surface area (Å²) in [7, 11) is 0. The van der Waals surface area contributed by atoms with Crippen molar-refractivity contribution in [3.05, 3.63) is 0 Å². The maximum absolute atomic E-state index is 11.5. The molecule has 0 aromatic rings. The maximum Gasteiger partial charge on any atom is 0.312 e. The number of piperazine rings is 1. The Labute approximate surface area is 82.8 Å². The second kappa shape index (κ2) is 3.96. The zero-order chi connectivity index (χ0) is 9.97. The van der Waals surface area contributed by atoms with Crippen LogP contribution in [-0.4, -0.2) is 48.9 Å². The highest BCUT2D eigenvalue weighted by Crippen LogP contribution is 2.11. The lowest BCUT2D eigenvalue weighted by atomic mass is 10.1. The van der Waals surface area contributed by atoms with Gasteiger partial charge in [-0.2, -0.15) is 0 Å². The fraction of sp³-hybridized carbons (Fsp3) is 0.778. The largest absolute Gasteiger partial charge is 0.346 e. The van der Waals surface area contributed by atoms with Gasteiger partial charge in [-0.3, -0.25) is 9.59 Å². The molecule has 14 heavy (non-hydrogen) atoms. The summed E-state index contributed by atoms with van der Waals surface area (Å²) in [4.78, 5) is 24.3. The number of carbonyl (C=O) groups excluding carboxylic acids is 2. The van der Waals surface area contributed by atoms with Crippen molar-refractivity contribution in [2.24, 2.45) is 0 Å². The first-order valence-corrected chi connectivity index (χ1v) is 5.08. The molecule has 2 saturated heterocycles. The molecule has 2 N–H and O–H groups in total. The predicted molar refractivity (Wildman–Crippen MR) is 50.6 cm³/mol. The second-order valence-electron chi connectivity index (χ2n) is 3.75. The average Bonchev–Trinajstić information content (AvgIpc) is 2.23. The third-order valence-corrected chi connectivity index (χ3v) is 2.81. The van der Waals surface area contributed by atoms with Crippen molar-refractivity contribution in [2.75, 3.05) is 26.2 Å². The van der Waals surface area contributed by atoms with Crippen molar-refractivity contribution < 1.29 is 9.59 Å². The van der Waals surface area contributed by atoms with Crippen molar-refractivity contribution in [3.8, 4) is 0 Å². The van der Waals surface area contributed by atoms with Crippen LogP contribution in [0.5, 0.6) is 0 Å². The van der Waals surface area contributed by atoms with Gasteiger partial charge in [0, 0.05) is 25.7 Å². The number of hydrogen-bond donors (Lipinski definition) is 2. The Hall–Kier alpha value is -1.10. The summed E-state index contributed by atoms with van der Waals surface area (Å²) in [5, 5.41) is 5.79. The normalized spacial score (nSPS) is 28.9. The Morgan fingerprint density at radius 2 is 2.14 bits per heavy atom. The van der Waals surface area contributed by atoms with Crippen LogP contribution in [0, 0.1) is 0 Å². The fourth-order valence-electron chi connectivity index (χ4n) is 2.05. The fourth-order valence-corrected chi connectivity index (χ4v) is 2.05. The molecule has 1 unspecified atom stereocenters. The number of piperidine rings is 1. The topological polar surface area (TPSA) is 61.4 Å². The molecule has 2 fully saturated rings. The molecule has 1 atom stereocenters. The van der Waals surface area contributed by atoms with E-state index in [-0.39, 0.29) is 11.9 Å². The molecule has 0 aromatic carbocycles. The number of nitrogens with one attached hydrogen (secondary N) is 2. The number of hydrogen-bond acceptors (Lipinski definition) is 3. The second-order valence-corrected chi connectivity index (χ2v) is 3.75. The smallest absolute Gasteiger partial charge is 0.312 e. The van der Waals surface area contributed by atoms with Gasteiger partial charge >= 0.3 is 11.8 Å². The maximum atomic E-state index is 11.5. The molecule has 5 heteroatoms. The van der Waals surface area contributed by atoms with Gasteiger partial charge in [-0.1, -0.05) is 0 Å². The number of nitrogens with zero attached hydrogens (tertiary/aromatic N) is 1. The molecule has 0 saturated carbocycles. The van der Waals surface area contributed by atoms with Crippen LogP contribution < -0.4 is 10.6 Å². The molecule has 0 bridgehead atoms. The van der Waals surface area contributed by atoms with Crippen molar-refractivity contribution in [1.29, 1.82) is 0 Å². The average molecular weight is 197 g/mol. The van der Waals surface area contributed by atoms with Crippen molar-refractivity contribution in [2.45, 2.75) is 18.9 Å². The highest BCUT2D eigenvalue weighted by Gasteiger charge is 2.32. The van der Waals surface area contributed by atoms with E-state index in [1.54, 1.807) is 4.90 Å². The van der Waals surface area contributed by atoms with E-state index in [2.05, 4.69) is 10.6 Å². The van der Waals surface area contributed by atoms with Gasteiger partial charge in [-0.25, -0.2) is 0 Å². The minimum atomic E-state index is -0.457. The third kappa shape index (κ3) is 1.72. The Morgan fingerprint density at radius 1 is 1.29 bits per heavy atom. The van der Waals surface area contributed by atoms with E-state index in [0.717, 1.165) is 25.9 Å². The van der Waals surface area contributed by atoms with Gasteiger partial charge in [0.05, 0.1) is 0 Å². The van der Waals surface area contributed by atoms with E-state index < -0.39 is 5.91 Å². The lowest BCUT2D eigenvalue weighted by molar-refractivity contribution is -0.150. The van der Waals surface area contributed by atoms with Gasteiger partial charge in [-0.15, -0.1) is 0 Å². The Morgan fingerprint density at radius 3 is 2.86 bits per heavy atom. The van der Waals surface area contributed by atoms with E-state index >= 15 is 0 Å².